The Morgan fingerprint density at radius 2 is 0.704 bits per heavy atom. The van der Waals surface area contributed by atoms with Gasteiger partial charge in [-0.25, -0.2) is 4.39 Å². The SMILES string of the molecule is CC(C)(C)c1c(Cl)cccc1Cl.CC(C)(C)c1ccc(Cl)cc1Cl.CC(C)(C)c1ccccc1CO.Cc1ccc(C(C)(C)C)c(F)c1.Cc1ccc(C(C)(C)C)cc1.Cc1cccc(C(C)(C)C)c1.Cc1cccc(C(C)(C)C)c1. The van der Waals surface area contributed by atoms with Crippen molar-refractivity contribution in [2.45, 2.75) is 218 Å². The Bertz CT molecular complexity index is 2830. The first-order valence-corrected chi connectivity index (χ1v) is 29.9. The van der Waals surface area contributed by atoms with E-state index < -0.39 is 0 Å². The summed E-state index contributed by atoms with van der Waals surface area (Å²) in [5.41, 5.74) is 15.4. The van der Waals surface area contributed by atoms with Gasteiger partial charge in [0.15, 0.2) is 0 Å². The van der Waals surface area contributed by atoms with Crippen molar-refractivity contribution in [3.63, 3.8) is 0 Å². The van der Waals surface area contributed by atoms with Crippen LogP contribution in [0.15, 0.2) is 152 Å². The lowest BCUT2D eigenvalue weighted by atomic mass is 9.84. The van der Waals surface area contributed by atoms with Crippen molar-refractivity contribution in [2.24, 2.45) is 0 Å². The van der Waals surface area contributed by atoms with Gasteiger partial charge in [0.25, 0.3) is 0 Å². The molecule has 7 aromatic carbocycles. The van der Waals surface area contributed by atoms with E-state index in [1.807, 2.05) is 88.4 Å². The number of rotatable bonds is 1. The van der Waals surface area contributed by atoms with Crippen molar-refractivity contribution >= 4 is 46.4 Å². The molecule has 0 saturated heterocycles. The fourth-order valence-electron chi connectivity index (χ4n) is 8.21. The van der Waals surface area contributed by atoms with Gasteiger partial charge in [0.05, 0.1) is 6.61 Å². The minimum Gasteiger partial charge on any atom is -0.392 e. The fraction of sp³-hybridized carbons (Fsp3) is 0.440. The Morgan fingerprint density at radius 3 is 1.02 bits per heavy atom. The lowest BCUT2D eigenvalue weighted by Gasteiger charge is -2.21. The highest BCUT2D eigenvalue weighted by molar-refractivity contribution is 6.36. The monoisotopic (exact) mass is 1180 g/mol. The van der Waals surface area contributed by atoms with E-state index in [2.05, 4.69) is 224 Å². The molecule has 0 aromatic heterocycles. The zero-order valence-electron chi connectivity index (χ0n) is 54.5. The first kappa shape index (κ1) is 74.6. The van der Waals surface area contributed by atoms with Gasteiger partial charge in [-0.15, -0.1) is 0 Å². The average molecular weight is 1180 g/mol. The van der Waals surface area contributed by atoms with Crippen LogP contribution in [0, 0.1) is 33.5 Å². The minimum atomic E-state index is -0.0994. The molecule has 1 N–H and O–H groups in total. The Hall–Kier alpha value is -4.41. The van der Waals surface area contributed by atoms with E-state index in [0.717, 1.165) is 42.9 Å². The third-order valence-electron chi connectivity index (χ3n) is 13.1. The fourth-order valence-corrected chi connectivity index (χ4v) is 9.86. The number of benzene rings is 7. The van der Waals surface area contributed by atoms with Crippen LogP contribution in [0.1, 0.15) is 212 Å². The van der Waals surface area contributed by atoms with E-state index in [9.17, 15) is 4.39 Å². The molecule has 0 heterocycles. The van der Waals surface area contributed by atoms with Crippen LogP contribution in [0.25, 0.3) is 0 Å². The van der Waals surface area contributed by atoms with Gasteiger partial charge < -0.3 is 5.11 Å². The second kappa shape index (κ2) is 32.0. The van der Waals surface area contributed by atoms with E-state index in [4.69, 9.17) is 51.5 Å². The molecular formula is C75H103Cl4FO. The number of aliphatic hydroxyl groups is 1. The smallest absolute Gasteiger partial charge is 0.127 e. The second-order valence-corrected chi connectivity index (χ2v) is 30.0. The van der Waals surface area contributed by atoms with Crippen LogP contribution < -0.4 is 0 Å². The van der Waals surface area contributed by atoms with Crippen LogP contribution in [0.3, 0.4) is 0 Å². The molecule has 0 radical (unpaired) electrons. The Morgan fingerprint density at radius 1 is 0.321 bits per heavy atom. The van der Waals surface area contributed by atoms with Crippen LogP contribution in [-0.4, -0.2) is 5.11 Å². The molecular weight excluding hydrogens is 1080 g/mol. The maximum Gasteiger partial charge on any atom is 0.127 e. The van der Waals surface area contributed by atoms with Crippen LogP contribution in [-0.2, 0) is 44.5 Å². The molecule has 6 heteroatoms. The van der Waals surface area contributed by atoms with Gasteiger partial charge in [-0.1, -0.05) is 330 Å². The summed E-state index contributed by atoms with van der Waals surface area (Å²) >= 11 is 23.9. The van der Waals surface area contributed by atoms with Gasteiger partial charge in [-0.3, -0.25) is 0 Å². The number of aryl methyl sites for hydroxylation is 4. The molecule has 81 heavy (non-hydrogen) atoms. The van der Waals surface area contributed by atoms with Gasteiger partial charge in [0.1, 0.15) is 5.82 Å². The molecule has 0 saturated carbocycles. The van der Waals surface area contributed by atoms with Crippen molar-refractivity contribution in [3.8, 4) is 0 Å². The van der Waals surface area contributed by atoms with E-state index in [-0.39, 0.29) is 50.3 Å². The summed E-state index contributed by atoms with van der Waals surface area (Å²) in [6, 6.07) is 50.8. The minimum absolute atomic E-state index is 0.00935. The summed E-state index contributed by atoms with van der Waals surface area (Å²) in [4.78, 5) is 0. The predicted molar refractivity (Wildman–Crippen MR) is 361 cm³/mol. The maximum atomic E-state index is 13.3. The zero-order chi connectivity index (χ0) is 62.7. The summed E-state index contributed by atoms with van der Waals surface area (Å²) in [6.45, 7) is 53.7. The molecule has 0 atom stereocenters. The molecule has 0 aliphatic carbocycles. The molecule has 0 fully saturated rings. The van der Waals surface area contributed by atoms with Gasteiger partial charge in [0, 0.05) is 20.1 Å². The van der Waals surface area contributed by atoms with Gasteiger partial charge in [-0.2, -0.15) is 0 Å². The molecule has 0 bridgehead atoms. The van der Waals surface area contributed by atoms with Crippen molar-refractivity contribution in [3.05, 3.63) is 244 Å². The second-order valence-electron chi connectivity index (χ2n) is 28.4. The maximum absolute atomic E-state index is 13.3. The van der Waals surface area contributed by atoms with Crippen LogP contribution in [0.2, 0.25) is 20.1 Å². The van der Waals surface area contributed by atoms with Crippen LogP contribution in [0.5, 0.6) is 0 Å². The molecule has 0 unspecified atom stereocenters. The third-order valence-corrected chi connectivity index (χ3v) is 14.2. The third kappa shape index (κ3) is 28.2. The van der Waals surface area contributed by atoms with E-state index >= 15 is 0 Å². The van der Waals surface area contributed by atoms with Gasteiger partial charge in [0.2, 0.25) is 0 Å². The molecule has 444 valence electrons. The topological polar surface area (TPSA) is 20.2 Å². The summed E-state index contributed by atoms with van der Waals surface area (Å²) in [5.74, 6) is -0.0949. The van der Waals surface area contributed by atoms with E-state index in [1.165, 1.54) is 38.9 Å². The van der Waals surface area contributed by atoms with Crippen molar-refractivity contribution in [2.75, 3.05) is 0 Å². The van der Waals surface area contributed by atoms with Crippen molar-refractivity contribution < 1.29 is 9.50 Å². The predicted octanol–water partition coefficient (Wildman–Crippen LogP) is 24.4. The lowest BCUT2D eigenvalue weighted by molar-refractivity contribution is 0.278. The highest BCUT2D eigenvalue weighted by Crippen LogP contribution is 2.35. The van der Waals surface area contributed by atoms with Crippen molar-refractivity contribution in [1.29, 1.82) is 0 Å². The van der Waals surface area contributed by atoms with E-state index in [1.54, 1.807) is 12.1 Å². The molecule has 0 amide bonds. The average Bonchev–Trinajstić information content (AvgIpc) is 3.30. The molecule has 7 aromatic rings. The molecule has 0 spiro atoms. The normalized spacial score (nSPS) is 11.7. The summed E-state index contributed by atoms with van der Waals surface area (Å²) in [5, 5.41) is 12.0. The standard InChI is InChI=1S/C11H15F.C11H16O.3C11H16.2C10H12Cl2/c1-8-5-6-9(10(12)7-8)11(2,3)4;1-11(2,3)10-7-5-4-6-9(10)8-12;1-9-5-7-10(8-6-9)11(2,3)4;2*1-9-6-5-7-10(8-9)11(2,3)4;1-10(2,3)8-5-4-7(11)6-9(8)12;1-10(2,3)9-7(11)5-4-6-8(9)12/h5-7H,1-4H3;4-7,12H,8H2,1-3H3;3*5-8H,1-4H3;2*4-6H,1-3H3. The molecule has 0 aliphatic heterocycles. The van der Waals surface area contributed by atoms with Crippen LogP contribution >= 0.6 is 46.4 Å². The highest BCUT2D eigenvalue weighted by atomic mass is 35.5. The van der Waals surface area contributed by atoms with Gasteiger partial charge in [-0.05, 0) is 146 Å². The number of hydrogen-bond donors (Lipinski definition) is 1. The zero-order valence-corrected chi connectivity index (χ0v) is 57.5. The van der Waals surface area contributed by atoms with Crippen molar-refractivity contribution in [1.82, 2.24) is 0 Å². The Balaban J connectivity index is 0.000000473. The quantitative estimate of drug-likeness (QED) is 0.174. The number of hydrogen-bond acceptors (Lipinski definition) is 1. The number of halogens is 5. The Labute approximate surface area is 514 Å². The molecule has 1 nitrogen and oxygen atoms in total. The highest BCUT2D eigenvalue weighted by Gasteiger charge is 2.21. The van der Waals surface area contributed by atoms with Crippen LogP contribution in [0.4, 0.5) is 4.39 Å². The lowest BCUT2D eigenvalue weighted by Crippen LogP contribution is -2.13. The summed E-state index contributed by atoms with van der Waals surface area (Å²) in [6.07, 6.45) is 0. The molecule has 7 rings (SSSR count). The first-order chi connectivity index (χ1) is 36.8. The Kier molecular flexibility index (Phi) is 29.5. The van der Waals surface area contributed by atoms with E-state index in [0.29, 0.717) is 5.02 Å². The summed E-state index contributed by atoms with van der Waals surface area (Å²) in [7, 11) is 0. The number of aliphatic hydroxyl groups excluding tert-OH is 1. The first-order valence-electron chi connectivity index (χ1n) is 28.4. The largest absolute Gasteiger partial charge is 0.392 e. The van der Waals surface area contributed by atoms with Gasteiger partial charge >= 0.3 is 0 Å². The molecule has 0 aliphatic rings. The summed E-state index contributed by atoms with van der Waals surface area (Å²) < 4.78 is 13.3.